The molecular formula is C11H19F3N2O. The van der Waals surface area contributed by atoms with Gasteiger partial charge >= 0.3 is 6.18 Å². The summed E-state index contributed by atoms with van der Waals surface area (Å²) in [5, 5.41) is 4.75. The van der Waals surface area contributed by atoms with E-state index in [4.69, 9.17) is 0 Å². The molecule has 17 heavy (non-hydrogen) atoms. The summed E-state index contributed by atoms with van der Waals surface area (Å²) < 4.78 is 35.4. The number of hydrogen-bond acceptors (Lipinski definition) is 2. The van der Waals surface area contributed by atoms with Gasteiger partial charge in [-0.05, 0) is 25.3 Å². The summed E-state index contributed by atoms with van der Waals surface area (Å²) >= 11 is 0. The van der Waals surface area contributed by atoms with E-state index < -0.39 is 18.6 Å². The highest BCUT2D eigenvalue weighted by Gasteiger charge is 2.27. The number of hydrogen-bond donors (Lipinski definition) is 2. The zero-order chi connectivity index (χ0) is 12.7. The third kappa shape index (κ3) is 7.20. The van der Waals surface area contributed by atoms with Gasteiger partial charge in [-0.2, -0.15) is 13.2 Å². The van der Waals surface area contributed by atoms with Crippen molar-refractivity contribution < 1.29 is 18.0 Å². The van der Waals surface area contributed by atoms with Crippen LogP contribution >= 0.6 is 0 Å². The maximum Gasteiger partial charge on any atom is 0.405 e. The van der Waals surface area contributed by atoms with Crippen LogP contribution in [0, 0.1) is 5.92 Å². The molecule has 0 aliphatic heterocycles. The molecule has 1 aliphatic carbocycles. The predicted molar refractivity (Wildman–Crippen MR) is 58.5 cm³/mol. The minimum absolute atomic E-state index is 0.0351. The lowest BCUT2D eigenvalue weighted by atomic mass is 9.89. The first-order chi connectivity index (χ1) is 7.97. The lowest BCUT2D eigenvalue weighted by Gasteiger charge is -2.21. The Labute approximate surface area is 99.1 Å². The molecule has 1 amide bonds. The summed E-state index contributed by atoms with van der Waals surface area (Å²) in [6.45, 7) is -0.567. The maximum atomic E-state index is 11.8. The molecule has 0 aromatic carbocycles. The zero-order valence-electron chi connectivity index (χ0n) is 9.78. The van der Waals surface area contributed by atoms with Gasteiger partial charge in [-0.15, -0.1) is 0 Å². The zero-order valence-corrected chi connectivity index (χ0v) is 9.78. The Morgan fingerprint density at radius 1 is 1.18 bits per heavy atom. The molecule has 6 heteroatoms. The Morgan fingerprint density at radius 2 is 1.82 bits per heavy atom. The Balaban J connectivity index is 2.03. The van der Waals surface area contributed by atoms with Crippen LogP contribution in [-0.2, 0) is 4.79 Å². The Hall–Kier alpha value is -0.780. The van der Waals surface area contributed by atoms with E-state index in [1.54, 1.807) is 0 Å². The van der Waals surface area contributed by atoms with Gasteiger partial charge in [0, 0.05) is 0 Å². The first-order valence-electron chi connectivity index (χ1n) is 6.01. The van der Waals surface area contributed by atoms with Gasteiger partial charge < -0.3 is 10.6 Å². The minimum atomic E-state index is -4.33. The van der Waals surface area contributed by atoms with Gasteiger partial charge in [-0.25, -0.2) is 0 Å². The van der Waals surface area contributed by atoms with Gasteiger partial charge in [0.05, 0.1) is 6.54 Å². The van der Waals surface area contributed by atoms with Crippen LogP contribution in [0.4, 0.5) is 13.2 Å². The van der Waals surface area contributed by atoms with Crippen molar-refractivity contribution in [2.24, 2.45) is 5.92 Å². The van der Waals surface area contributed by atoms with E-state index in [1.165, 1.54) is 19.3 Å². The number of rotatable bonds is 5. The molecule has 0 spiro atoms. The summed E-state index contributed by atoms with van der Waals surface area (Å²) in [4.78, 5) is 11.1. The molecule has 0 heterocycles. The summed E-state index contributed by atoms with van der Waals surface area (Å²) in [6.07, 6.45) is 1.66. The normalized spacial score (nSPS) is 18.1. The van der Waals surface area contributed by atoms with Gasteiger partial charge in [0.2, 0.25) is 5.91 Å². The smallest absolute Gasteiger partial charge is 0.346 e. The summed E-state index contributed by atoms with van der Waals surface area (Å²) in [5.74, 6) is -0.0303. The van der Waals surface area contributed by atoms with E-state index in [1.807, 2.05) is 5.32 Å². The number of amides is 1. The molecule has 1 fully saturated rings. The van der Waals surface area contributed by atoms with Crippen molar-refractivity contribution in [3.63, 3.8) is 0 Å². The molecule has 3 nitrogen and oxygen atoms in total. The quantitative estimate of drug-likeness (QED) is 0.784. The van der Waals surface area contributed by atoms with Crippen molar-refractivity contribution in [1.82, 2.24) is 10.6 Å². The molecule has 0 unspecified atom stereocenters. The molecule has 0 atom stereocenters. The van der Waals surface area contributed by atoms with Gasteiger partial charge in [-0.3, -0.25) is 4.79 Å². The standard InChI is InChI=1S/C11H19F3N2O/c12-11(13,14)8-16-10(17)7-15-6-9-4-2-1-3-5-9/h9,15H,1-8H2,(H,16,17). The second-order valence-electron chi connectivity index (χ2n) is 4.53. The van der Waals surface area contributed by atoms with Crippen LogP contribution in [0.1, 0.15) is 32.1 Å². The Morgan fingerprint density at radius 3 is 2.41 bits per heavy atom. The van der Waals surface area contributed by atoms with Crippen molar-refractivity contribution in [2.45, 2.75) is 38.3 Å². The summed E-state index contributed by atoms with van der Waals surface area (Å²) in [5.41, 5.74) is 0. The van der Waals surface area contributed by atoms with E-state index >= 15 is 0 Å². The number of carbonyl (C=O) groups excluding carboxylic acids is 1. The molecule has 100 valence electrons. The molecule has 0 radical (unpaired) electrons. The molecule has 0 aromatic heterocycles. The fraction of sp³-hybridized carbons (Fsp3) is 0.909. The van der Waals surface area contributed by atoms with Crippen LogP contribution in [0.3, 0.4) is 0 Å². The topological polar surface area (TPSA) is 41.1 Å². The monoisotopic (exact) mass is 252 g/mol. The first kappa shape index (κ1) is 14.3. The second kappa shape index (κ2) is 6.83. The van der Waals surface area contributed by atoms with Crippen molar-refractivity contribution in [3.8, 4) is 0 Å². The van der Waals surface area contributed by atoms with E-state index in [9.17, 15) is 18.0 Å². The molecule has 1 saturated carbocycles. The van der Waals surface area contributed by atoms with Gasteiger partial charge in [0.1, 0.15) is 6.54 Å². The Kier molecular flexibility index (Phi) is 5.74. The summed E-state index contributed by atoms with van der Waals surface area (Å²) in [7, 11) is 0. The fourth-order valence-corrected chi connectivity index (χ4v) is 2.04. The molecular weight excluding hydrogens is 233 g/mol. The maximum absolute atomic E-state index is 11.8. The van der Waals surface area contributed by atoms with Crippen LogP contribution in [0.2, 0.25) is 0 Å². The molecule has 0 aromatic rings. The largest absolute Gasteiger partial charge is 0.405 e. The SMILES string of the molecule is O=C(CNCC1CCCCC1)NCC(F)(F)F. The van der Waals surface area contributed by atoms with Crippen molar-refractivity contribution >= 4 is 5.91 Å². The minimum Gasteiger partial charge on any atom is -0.346 e. The fourth-order valence-electron chi connectivity index (χ4n) is 2.04. The van der Waals surface area contributed by atoms with Crippen LogP contribution in [0.5, 0.6) is 0 Å². The second-order valence-corrected chi connectivity index (χ2v) is 4.53. The van der Waals surface area contributed by atoms with E-state index in [0.29, 0.717) is 5.92 Å². The van der Waals surface area contributed by atoms with Crippen molar-refractivity contribution in [3.05, 3.63) is 0 Å². The third-order valence-electron chi connectivity index (χ3n) is 2.93. The lowest BCUT2D eigenvalue weighted by Crippen LogP contribution is -2.40. The molecule has 1 rings (SSSR count). The van der Waals surface area contributed by atoms with E-state index in [0.717, 1.165) is 19.4 Å². The van der Waals surface area contributed by atoms with Crippen LogP contribution < -0.4 is 10.6 Å². The molecule has 1 aliphatic rings. The number of alkyl halides is 3. The van der Waals surface area contributed by atoms with E-state index in [-0.39, 0.29) is 6.54 Å². The third-order valence-corrected chi connectivity index (χ3v) is 2.93. The van der Waals surface area contributed by atoms with Crippen LogP contribution in [-0.4, -0.2) is 31.7 Å². The van der Waals surface area contributed by atoms with E-state index in [2.05, 4.69) is 5.32 Å². The van der Waals surface area contributed by atoms with Crippen molar-refractivity contribution in [1.29, 1.82) is 0 Å². The van der Waals surface area contributed by atoms with Gasteiger partial charge in [0.15, 0.2) is 0 Å². The van der Waals surface area contributed by atoms with Crippen molar-refractivity contribution in [2.75, 3.05) is 19.6 Å². The number of nitrogens with one attached hydrogen (secondary N) is 2. The first-order valence-corrected chi connectivity index (χ1v) is 6.01. The van der Waals surface area contributed by atoms with Gasteiger partial charge in [0.25, 0.3) is 0 Å². The Bertz CT molecular complexity index is 237. The highest BCUT2D eigenvalue weighted by atomic mass is 19.4. The van der Waals surface area contributed by atoms with Crippen LogP contribution in [0.15, 0.2) is 0 Å². The highest BCUT2D eigenvalue weighted by molar-refractivity contribution is 5.77. The molecule has 0 bridgehead atoms. The van der Waals surface area contributed by atoms with Gasteiger partial charge in [-0.1, -0.05) is 19.3 Å². The van der Waals surface area contributed by atoms with Crippen LogP contribution in [0.25, 0.3) is 0 Å². The number of halogens is 3. The average Bonchev–Trinajstić information content (AvgIpc) is 2.27. The average molecular weight is 252 g/mol. The highest BCUT2D eigenvalue weighted by Crippen LogP contribution is 2.22. The predicted octanol–water partition coefficient (Wildman–Crippen LogP) is 1.83. The number of carbonyl (C=O) groups is 1. The summed E-state index contributed by atoms with van der Waals surface area (Å²) in [6, 6.07) is 0. The molecule has 2 N–H and O–H groups in total. The molecule has 0 saturated heterocycles. The lowest BCUT2D eigenvalue weighted by molar-refractivity contribution is -0.137.